The van der Waals surface area contributed by atoms with Gasteiger partial charge in [-0.15, -0.1) is 0 Å². The minimum absolute atomic E-state index is 0.276. The molecule has 0 aromatic heterocycles. The Hall–Kier alpha value is -2.42. The first-order valence-corrected chi connectivity index (χ1v) is 12.5. The molecule has 34 heavy (non-hydrogen) atoms. The summed E-state index contributed by atoms with van der Waals surface area (Å²) in [7, 11) is 5.25. The predicted molar refractivity (Wildman–Crippen MR) is 144 cm³/mol. The summed E-state index contributed by atoms with van der Waals surface area (Å²) in [6.07, 6.45) is 2.35. The van der Waals surface area contributed by atoms with E-state index in [2.05, 4.69) is 34.9 Å². The van der Waals surface area contributed by atoms with Crippen LogP contribution in [-0.2, 0) is 9.53 Å². The number of rotatable bonds is 9. The highest BCUT2D eigenvalue weighted by Crippen LogP contribution is 2.29. The molecule has 0 aliphatic carbocycles. The van der Waals surface area contributed by atoms with Gasteiger partial charge >= 0.3 is 5.97 Å². The Labute approximate surface area is 210 Å². The first-order chi connectivity index (χ1) is 16.4. The fourth-order valence-electron chi connectivity index (χ4n) is 2.85. The lowest BCUT2D eigenvalue weighted by molar-refractivity contribution is -0.132. The third-order valence-electron chi connectivity index (χ3n) is 4.84. The second-order valence-electron chi connectivity index (χ2n) is 7.04. The summed E-state index contributed by atoms with van der Waals surface area (Å²) in [6, 6.07) is 9.68. The molecule has 192 valence electrons. The molecule has 2 N–H and O–H groups in total. The highest BCUT2D eigenvalue weighted by atomic mass is 32.2. The van der Waals surface area contributed by atoms with Crippen molar-refractivity contribution >= 4 is 17.9 Å². The van der Waals surface area contributed by atoms with E-state index in [9.17, 15) is 9.90 Å². The van der Waals surface area contributed by atoms with E-state index in [0.717, 1.165) is 44.2 Å². The van der Waals surface area contributed by atoms with Gasteiger partial charge in [0.25, 0.3) is 0 Å². The maximum Gasteiger partial charge on any atom is 0.337 e. The van der Waals surface area contributed by atoms with E-state index < -0.39 is 5.97 Å². The van der Waals surface area contributed by atoms with E-state index in [-0.39, 0.29) is 5.57 Å². The van der Waals surface area contributed by atoms with Crippen LogP contribution in [0.15, 0.2) is 64.9 Å². The third kappa shape index (κ3) is 12.2. The van der Waals surface area contributed by atoms with Gasteiger partial charge in [0, 0.05) is 44.8 Å². The highest BCUT2D eigenvalue weighted by molar-refractivity contribution is 8.01. The van der Waals surface area contributed by atoms with Crippen molar-refractivity contribution in [1.29, 1.82) is 0 Å². The molecule has 1 heterocycles. The van der Waals surface area contributed by atoms with E-state index in [1.54, 1.807) is 20.3 Å². The lowest BCUT2D eigenvalue weighted by atomic mass is 10.1. The van der Waals surface area contributed by atoms with Gasteiger partial charge in [-0.25, -0.2) is 9.10 Å². The van der Waals surface area contributed by atoms with Crippen LogP contribution in [0.4, 0.5) is 0 Å². The molecule has 0 atom stereocenters. The summed E-state index contributed by atoms with van der Waals surface area (Å²) in [5, 5.41) is 12.9. The maximum atomic E-state index is 11.8. The number of para-hydroxylation sites is 1. The minimum Gasteiger partial charge on any atom is -0.497 e. The summed E-state index contributed by atoms with van der Waals surface area (Å²) >= 11 is 1.47. The van der Waals surface area contributed by atoms with Crippen molar-refractivity contribution in [3.05, 3.63) is 64.9 Å². The molecule has 7 nitrogen and oxygen atoms in total. The Morgan fingerprint density at radius 3 is 2.29 bits per heavy atom. The van der Waals surface area contributed by atoms with Crippen LogP contribution in [0.25, 0.3) is 0 Å². The van der Waals surface area contributed by atoms with Gasteiger partial charge in [-0.2, -0.15) is 0 Å². The standard InChI is InChI=1S/C17H29N3O3S.C7H8O.C2H6/c1-6-20(7-2)24-16(13(3)23-5)12-14(17(21)22)15-8-10-19(4)11-9-18-15;1-8-7-5-3-2-4-6-7;1-2/h12,18H,3,6-11H2,1-2,4-5H3,(H,21,22);2-6H,1H3;1-2H3/b15-14-,16-12+;;. The SMILES string of the molecule is C=C(OC)/C(=C\C(C(=O)O)=C1/CCN(C)CCN1)SN(CC)CC.CC.COc1ccccc1. The van der Waals surface area contributed by atoms with Crippen LogP contribution in [0.2, 0.25) is 0 Å². The molecule has 0 radical (unpaired) electrons. The Morgan fingerprint density at radius 2 is 1.82 bits per heavy atom. The molecule has 1 fully saturated rings. The van der Waals surface area contributed by atoms with Crippen molar-refractivity contribution in [2.45, 2.75) is 34.1 Å². The molecule has 2 rings (SSSR count). The normalized spacial score (nSPS) is 15.5. The average molecular weight is 494 g/mol. The molecular weight excluding hydrogens is 450 g/mol. The Morgan fingerprint density at radius 1 is 1.21 bits per heavy atom. The zero-order valence-corrected chi connectivity index (χ0v) is 22.7. The number of methoxy groups -OCH3 is 2. The molecule has 0 spiro atoms. The van der Waals surface area contributed by atoms with Crippen molar-refractivity contribution in [1.82, 2.24) is 14.5 Å². The summed E-state index contributed by atoms with van der Waals surface area (Å²) in [5.74, 6) is 0.438. The summed E-state index contributed by atoms with van der Waals surface area (Å²) in [5.41, 5.74) is 1.03. The number of likely N-dealkylation sites (N-methyl/N-ethyl adjacent to an activating group) is 1. The van der Waals surface area contributed by atoms with Crippen LogP contribution in [0.3, 0.4) is 0 Å². The first kappa shape index (κ1) is 31.6. The monoisotopic (exact) mass is 493 g/mol. The first-order valence-electron chi connectivity index (χ1n) is 11.7. The Kier molecular flexibility index (Phi) is 17.6. The number of benzene rings is 1. The van der Waals surface area contributed by atoms with Crippen LogP contribution >= 0.6 is 11.9 Å². The van der Waals surface area contributed by atoms with Gasteiger partial charge in [-0.05, 0) is 37.2 Å². The van der Waals surface area contributed by atoms with Crippen molar-refractivity contribution in [3.63, 3.8) is 0 Å². The smallest absolute Gasteiger partial charge is 0.337 e. The molecule has 0 bridgehead atoms. The highest BCUT2D eigenvalue weighted by Gasteiger charge is 2.19. The predicted octanol–water partition coefficient (Wildman–Crippen LogP) is 5.01. The maximum absolute atomic E-state index is 11.8. The minimum atomic E-state index is -0.941. The number of ether oxygens (including phenoxy) is 2. The van der Waals surface area contributed by atoms with Crippen LogP contribution in [0.5, 0.6) is 5.75 Å². The van der Waals surface area contributed by atoms with Crippen molar-refractivity contribution in [3.8, 4) is 5.75 Å². The molecule has 1 saturated heterocycles. The zero-order valence-electron chi connectivity index (χ0n) is 21.9. The van der Waals surface area contributed by atoms with Gasteiger partial charge < -0.3 is 24.8 Å². The molecule has 0 saturated carbocycles. The third-order valence-corrected chi connectivity index (χ3v) is 6.16. The largest absolute Gasteiger partial charge is 0.497 e. The molecule has 1 aromatic rings. The van der Waals surface area contributed by atoms with Gasteiger partial charge in [0.05, 0.1) is 24.7 Å². The molecule has 0 amide bonds. The van der Waals surface area contributed by atoms with E-state index in [1.807, 2.05) is 51.2 Å². The van der Waals surface area contributed by atoms with Crippen LogP contribution in [0.1, 0.15) is 34.1 Å². The van der Waals surface area contributed by atoms with Crippen LogP contribution in [-0.4, -0.2) is 74.3 Å². The fraction of sp³-hybridized carbons (Fsp3) is 0.500. The van der Waals surface area contributed by atoms with Gasteiger partial charge in [0.15, 0.2) is 0 Å². The quantitative estimate of drug-likeness (QED) is 0.215. The van der Waals surface area contributed by atoms with Gasteiger partial charge in [-0.3, -0.25) is 0 Å². The number of hydrogen-bond acceptors (Lipinski definition) is 7. The van der Waals surface area contributed by atoms with E-state index in [1.165, 1.54) is 11.9 Å². The van der Waals surface area contributed by atoms with Gasteiger partial charge in [0.1, 0.15) is 11.5 Å². The number of hydrogen-bond donors (Lipinski definition) is 2. The topological polar surface area (TPSA) is 74.3 Å². The number of nitrogens with zero attached hydrogens (tertiary/aromatic N) is 2. The molecule has 0 unspecified atom stereocenters. The number of carboxylic acid groups (broad SMARTS) is 1. The van der Waals surface area contributed by atoms with Crippen LogP contribution < -0.4 is 10.1 Å². The fourth-order valence-corrected chi connectivity index (χ4v) is 3.74. The molecular formula is C26H43N3O4S. The lowest BCUT2D eigenvalue weighted by Gasteiger charge is -2.20. The second-order valence-corrected chi connectivity index (χ2v) is 8.17. The van der Waals surface area contributed by atoms with E-state index in [0.29, 0.717) is 17.1 Å². The molecule has 1 aliphatic rings. The second kappa shape index (κ2) is 18.9. The molecule has 1 aromatic carbocycles. The van der Waals surface area contributed by atoms with Crippen molar-refractivity contribution in [2.24, 2.45) is 0 Å². The van der Waals surface area contributed by atoms with E-state index in [4.69, 9.17) is 9.47 Å². The molecule has 8 heteroatoms. The number of carbonyl (C=O) groups is 1. The summed E-state index contributed by atoms with van der Waals surface area (Å²) in [4.78, 5) is 14.7. The van der Waals surface area contributed by atoms with Gasteiger partial charge in [0.2, 0.25) is 0 Å². The zero-order chi connectivity index (χ0) is 25.9. The van der Waals surface area contributed by atoms with E-state index >= 15 is 0 Å². The Bertz CT molecular complexity index is 778. The van der Waals surface area contributed by atoms with Crippen molar-refractivity contribution in [2.75, 3.05) is 54.0 Å². The summed E-state index contributed by atoms with van der Waals surface area (Å²) < 4.78 is 12.3. The van der Waals surface area contributed by atoms with Crippen molar-refractivity contribution < 1.29 is 19.4 Å². The van der Waals surface area contributed by atoms with Gasteiger partial charge in [-0.1, -0.05) is 52.5 Å². The lowest BCUT2D eigenvalue weighted by Crippen LogP contribution is -2.24. The number of carboxylic acids is 1. The Balaban J connectivity index is 0.000000904. The number of nitrogens with one attached hydrogen (secondary N) is 1. The van der Waals surface area contributed by atoms with Crippen LogP contribution in [0, 0.1) is 0 Å². The number of aliphatic carboxylic acids is 1. The average Bonchev–Trinajstić information content (AvgIpc) is 3.09. The summed E-state index contributed by atoms with van der Waals surface area (Å²) in [6.45, 7) is 16.2. The molecule has 1 aliphatic heterocycles.